The fourth-order valence-electron chi connectivity index (χ4n) is 2.89. The quantitative estimate of drug-likeness (QED) is 0.380. The molecule has 6 nitrogen and oxygen atoms in total. The van der Waals surface area contributed by atoms with Crippen LogP contribution in [-0.2, 0) is 0 Å². The topological polar surface area (TPSA) is 58.1 Å². The Bertz CT molecular complexity index is 546. The van der Waals surface area contributed by atoms with Crippen LogP contribution in [0.1, 0.15) is 33.6 Å². The van der Waals surface area contributed by atoms with Crippen LogP contribution in [0, 0.1) is 0 Å². The van der Waals surface area contributed by atoms with E-state index >= 15 is 0 Å². The summed E-state index contributed by atoms with van der Waals surface area (Å²) in [6, 6.07) is 7.77. The van der Waals surface area contributed by atoms with Crippen LogP contribution >= 0.6 is 0 Å². The molecule has 1 aromatic rings. The molecule has 26 heavy (non-hydrogen) atoms. The summed E-state index contributed by atoms with van der Waals surface area (Å²) in [7, 11) is 0. The number of hydrogen-bond donors (Lipinski definition) is 2. The van der Waals surface area contributed by atoms with Crippen LogP contribution in [0.2, 0.25) is 0 Å². The lowest BCUT2D eigenvalue weighted by Crippen LogP contribution is -2.40. The molecule has 0 saturated heterocycles. The van der Waals surface area contributed by atoms with E-state index in [1.807, 2.05) is 24.3 Å². The molecule has 1 aliphatic heterocycles. The molecule has 2 N–H and O–H groups in total. The molecule has 0 radical (unpaired) electrons. The maximum atomic E-state index is 5.96. The van der Waals surface area contributed by atoms with Gasteiger partial charge in [-0.2, -0.15) is 0 Å². The number of para-hydroxylation sites is 2. The van der Waals surface area contributed by atoms with E-state index in [0.717, 1.165) is 56.6 Å². The molecule has 1 atom stereocenters. The Morgan fingerprint density at radius 3 is 2.62 bits per heavy atom. The first kappa shape index (κ1) is 20.4. The fraction of sp³-hybridized carbons (Fsp3) is 0.650. The number of nitrogens with zero attached hydrogens (tertiary/aromatic N) is 2. The molecule has 0 bridgehead atoms. The van der Waals surface area contributed by atoms with Crippen LogP contribution in [-0.4, -0.2) is 62.8 Å². The van der Waals surface area contributed by atoms with Crippen molar-refractivity contribution in [3.05, 3.63) is 24.3 Å². The second kappa shape index (κ2) is 11.6. The number of aliphatic imine (C=N–C) groups is 1. The molecular weight excluding hydrogens is 328 g/mol. The summed E-state index contributed by atoms with van der Waals surface area (Å²) in [5.74, 6) is 2.46. The highest BCUT2D eigenvalue weighted by molar-refractivity contribution is 5.79. The standard InChI is InChI=1S/C20H34N4O2/c1-4-21-20(22-13-9-10-14-24(5-2)6-3)23-15-17-16-25-18-11-7-8-12-19(18)26-17/h7-8,11-12,17H,4-6,9-10,13-16H2,1-3H3,(H2,21,22,23). The van der Waals surface area contributed by atoms with E-state index in [9.17, 15) is 0 Å². The summed E-state index contributed by atoms with van der Waals surface area (Å²) in [5, 5.41) is 6.71. The van der Waals surface area contributed by atoms with Gasteiger partial charge in [-0.15, -0.1) is 0 Å². The van der Waals surface area contributed by atoms with E-state index in [1.165, 1.54) is 6.42 Å². The zero-order valence-electron chi connectivity index (χ0n) is 16.5. The minimum absolute atomic E-state index is 0.0528. The molecule has 0 spiro atoms. The first-order chi connectivity index (χ1) is 12.8. The second-order valence-corrected chi connectivity index (χ2v) is 6.38. The van der Waals surface area contributed by atoms with Crippen LogP contribution in [0.5, 0.6) is 11.5 Å². The van der Waals surface area contributed by atoms with Crippen LogP contribution in [0.4, 0.5) is 0 Å². The Kier molecular flexibility index (Phi) is 9.10. The minimum Gasteiger partial charge on any atom is -0.486 e. The molecule has 0 fully saturated rings. The van der Waals surface area contributed by atoms with Gasteiger partial charge < -0.3 is 25.0 Å². The van der Waals surface area contributed by atoms with Gasteiger partial charge in [-0.3, -0.25) is 0 Å². The summed E-state index contributed by atoms with van der Waals surface area (Å²) in [6.45, 7) is 12.8. The maximum Gasteiger partial charge on any atom is 0.191 e. The lowest BCUT2D eigenvalue weighted by Gasteiger charge is -2.25. The van der Waals surface area contributed by atoms with Crippen molar-refractivity contribution < 1.29 is 9.47 Å². The van der Waals surface area contributed by atoms with Crippen molar-refractivity contribution in [3.8, 4) is 11.5 Å². The number of hydrogen-bond acceptors (Lipinski definition) is 4. The van der Waals surface area contributed by atoms with Crippen molar-refractivity contribution in [1.29, 1.82) is 0 Å². The van der Waals surface area contributed by atoms with Gasteiger partial charge in [0.05, 0.1) is 6.54 Å². The van der Waals surface area contributed by atoms with Crippen molar-refractivity contribution in [1.82, 2.24) is 15.5 Å². The van der Waals surface area contributed by atoms with Crippen LogP contribution in [0.3, 0.4) is 0 Å². The average Bonchev–Trinajstić information content (AvgIpc) is 2.68. The van der Waals surface area contributed by atoms with E-state index in [4.69, 9.17) is 9.47 Å². The van der Waals surface area contributed by atoms with E-state index in [-0.39, 0.29) is 6.10 Å². The summed E-state index contributed by atoms with van der Waals surface area (Å²) in [6.07, 6.45) is 2.28. The zero-order chi connectivity index (χ0) is 18.6. The highest BCUT2D eigenvalue weighted by Crippen LogP contribution is 2.30. The number of unbranched alkanes of at least 4 members (excludes halogenated alkanes) is 1. The summed E-state index contributed by atoms with van der Waals surface area (Å²) in [5.41, 5.74) is 0. The van der Waals surface area contributed by atoms with Crippen molar-refractivity contribution in [2.24, 2.45) is 4.99 Å². The molecule has 146 valence electrons. The second-order valence-electron chi connectivity index (χ2n) is 6.38. The zero-order valence-corrected chi connectivity index (χ0v) is 16.5. The van der Waals surface area contributed by atoms with E-state index in [2.05, 4.69) is 41.3 Å². The Morgan fingerprint density at radius 1 is 1.12 bits per heavy atom. The van der Waals surface area contributed by atoms with Crippen molar-refractivity contribution in [3.63, 3.8) is 0 Å². The Balaban J connectivity index is 1.73. The number of guanidine groups is 1. The Morgan fingerprint density at radius 2 is 1.88 bits per heavy atom. The number of nitrogens with one attached hydrogen (secondary N) is 2. The third kappa shape index (κ3) is 6.75. The molecule has 0 saturated carbocycles. The molecule has 1 aromatic carbocycles. The molecule has 0 aromatic heterocycles. The number of ether oxygens (including phenoxy) is 2. The molecule has 1 unspecified atom stereocenters. The van der Waals surface area contributed by atoms with Gasteiger partial charge in [-0.1, -0.05) is 26.0 Å². The van der Waals surface area contributed by atoms with Gasteiger partial charge >= 0.3 is 0 Å². The van der Waals surface area contributed by atoms with E-state index in [1.54, 1.807) is 0 Å². The first-order valence-electron chi connectivity index (χ1n) is 9.89. The largest absolute Gasteiger partial charge is 0.486 e. The van der Waals surface area contributed by atoms with Gasteiger partial charge in [0.25, 0.3) is 0 Å². The van der Waals surface area contributed by atoms with Crippen molar-refractivity contribution in [2.45, 2.75) is 39.7 Å². The first-order valence-corrected chi connectivity index (χ1v) is 9.89. The van der Waals surface area contributed by atoms with Crippen LogP contribution in [0.25, 0.3) is 0 Å². The van der Waals surface area contributed by atoms with Gasteiger partial charge in [-0.25, -0.2) is 4.99 Å². The highest BCUT2D eigenvalue weighted by Gasteiger charge is 2.20. The molecule has 6 heteroatoms. The summed E-state index contributed by atoms with van der Waals surface area (Å²) < 4.78 is 11.7. The third-order valence-corrected chi connectivity index (χ3v) is 4.45. The molecule has 2 rings (SSSR count). The van der Waals surface area contributed by atoms with Gasteiger partial charge in [-0.05, 0) is 51.5 Å². The molecular formula is C20H34N4O2. The van der Waals surface area contributed by atoms with E-state index < -0.39 is 0 Å². The van der Waals surface area contributed by atoms with Crippen LogP contribution in [0.15, 0.2) is 29.3 Å². The predicted octanol–water partition coefficient (Wildman–Crippen LogP) is 2.50. The number of rotatable bonds is 10. The van der Waals surface area contributed by atoms with Crippen molar-refractivity contribution >= 4 is 5.96 Å². The molecule has 0 aliphatic carbocycles. The molecule has 1 aliphatic rings. The molecule has 0 amide bonds. The Hall–Kier alpha value is -1.95. The lowest BCUT2D eigenvalue weighted by molar-refractivity contribution is 0.0971. The minimum atomic E-state index is -0.0528. The fourth-order valence-corrected chi connectivity index (χ4v) is 2.89. The Labute approximate surface area is 158 Å². The summed E-state index contributed by atoms with van der Waals surface area (Å²) in [4.78, 5) is 7.11. The number of fused-ring (bicyclic) bond motifs is 1. The average molecular weight is 363 g/mol. The molecule has 1 heterocycles. The smallest absolute Gasteiger partial charge is 0.191 e. The monoisotopic (exact) mass is 362 g/mol. The van der Waals surface area contributed by atoms with Crippen LogP contribution < -0.4 is 20.1 Å². The SMILES string of the molecule is CCNC(=NCC1COc2ccccc2O1)NCCCCN(CC)CC. The predicted molar refractivity (Wildman–Crippen MR) is 107 cm³/mol. The van der Waals surface area contributed by atoms with Gasteiger partial charge in [0, 0.05) is 13.1 Å². The highest BCUT2D eigenvalue weighted by atomic mass is 16.6. The number of benzene rings is 1. The van der Waals surface area contributed by atoms with Gasteiger partial charge in [0.15, 0.2) is 23.6 Å². The normalized spacial score (nSPS) is 16.6. The van der Waals surface area contributed by atoms with E-state index in [0.29, 0.717) is 13.2 Å². The lowest BCUT2D eigenvalue weighted by atomic mass is 10.2. The van der Waals surface area contributed by atoms with Gasteiger partial charge in [0.2, 0.25) is 0 Å². The third-order valence-electron chi connectivity index (χ3n) is 4.45. The summed E-state index contributed by atoms with van der Waals surface area (Å²) >= 11 is 0. The van der Waals surface area contributed by atoms with Crippen molar-refractivity contribution in [2.75, 3.05) is 45.9 Å². The van der Waals surface area contributed by atoms with Gasteiger partial charge in [0.1, 0.15) is 6.61 Å². The maximum absolute atomic E-state index is 5.96.